The molecule has 0 spiro atoms. The minimum atomic E-state index is -4.39. The number of amides is 2. The molecule has 0 aliphatic rings. The van der Waals surface area contributed by atoms with Crippen LogP contribution in [0.15, 0.2) is 26.6 Å². The van der Waals surface area contributed by atoms with E-state index < -0.39 is 30.8 Å². The average Bonchev–Trinajstić information content (AvgIpc) is 2.96. The van der Waals surface area contributed by atoms with Crippen LogP contribution in [0, 0.1) is 6.92 Å². The molecule has 136 valence electrons. The molecular weight excluding hydrogens is 392 g/mol. The molecule has 2 aromatic rings. The highest BCUT2D eigenvalue weighted by Gasteiger charge is 2.27. The molecule has 0 saturated carbocycles. The van der Waals surface area contributed by atoms with Gasteiger partial charge in [0, 0.05) is 18.0 Å². The second-order valence-electron chi connectivity index (χ2n) is 4.78. The highest BCUT2D eigenvalue weighted by molar-refractivity contribution is 7.95. The number of sulfone groups is 1. The number of thiophene rings is 1. The topological polar surface area (TPSA) is 144 Å². The van der Waals surface area contributed by atoms with Gasteiger partial charge in [-0.15, -0.1) is 11.3 Å². The maximum absolute atomic E-state index is 12.3. The van der Waals surface area contributed by atoms with Crippen LogP contribution in [-0.4, -0.2) is 46.2 Å². The van der Waals surface area contributed by atoms with E-state index in [4.69, 9.17) is 4.74 Å². The number of hydrogen-bond acceptors (Lipinski definition) is 9. The predicted molar refractivity (Wildman–Crippen MR) is 90.1 cm³/mol. The third-order valence-electron chi connectivity index (χ3n) is 2.71. The molecule has 2 aromatic heterocycles. The molecule has 0 aliphatic carbocycles. The SMILES string of the molecule is COc1cc(C)nc(NC(=O)NS(=O)(=O)c2ccsc2S(C)(=O)=O)n1. The summed E-state index contributed by atoms with van der Waals surface area (Å²) >= 11 is 0.741. The van der Waals surface area contributed by atoms with E-state index in [1.807, 2.05) is 0 Å². The van der Waals surface area contributed by atoms with Crippen molar-refractivity contribution in [1.82, 2.24) is 14.7 Å². The van der Waals surface area contributed by atoms with Gasteiger partial charge in [0.25, 0.3) is 10.0 Å². The second kappa shape index (κ2) is 6.93. The lowest BCUT2D eigenvalue weighted by Gasteiger charge is -2.09. The number of hydrogen-bond donors (Lipinski definition) is 2. The normalized spacial score (nSPS) is 11.8. The maximum atomic E-state index is 12.3. The van der Waals surface area contributed by atoms with Crippen molar-refractivity contribution < 1.29 is 26.4 Å². The van der Waals surface area contributed by atoms with E-state index in [0.717, 1.165) is 23.7 Å². The van der Waals surface area contributed by atoms with Crippen LogP contribution in [0.2, 0.25) is 0 Å². The Morgan fingerprint density at radius 3 is 2.52 bits per heavy atom. The van der Waals surface area contributed by atoms with Gasteiger partial charge < -0.3 is 4.74 Å². The van der Waals surface area contributed by atoms with Crippen molar-refractivity contribution in [3.8, 4) is 5.88 Å². The van der Waals surface area contributed by atoms with Crippen molar-refractivity contribution in [2.45, 2.75) is 16.0 Å². The van der Waals surface area contributed by atoms with Crippen LogP contribution in [0.4, 0.5) is 10.7 Å². The number of methoxy groups -OCH3 is 1. The van der Waals surface area contributed by atoms with Crippen LogP contribution in [0.1, 0.15) is 5.69 Å². The lowest BCUT2D eigenvalue weighted by atomic mass is 10.4. The molecule has 10 nitrogen and oxygen atoms in total. The zero-order valence-corrected chi connectivity index (χ0v) is 15.8. The van der Waals surface area contributed by atoms with Crippen LogP contribution in [0.5, 0.6) is 5.88 Å². The molecule has 0 saturated heterocycles. The van der Waals surface area contributed by atoms with Gasteiger partial charge in [0.05, 0.1) is 7.11 Å². The van der Waals surface area contributed by atoms with Crippen molar-refractivity contribution >= 4 is 43.2 Å². The fraction of sp³-hybridized carbons (Fsp3) is 0.250. The van der Waals surface area contributed by atoms with Gasteiger partial charge in [-0.1, -0.05) is 0 Å². The summed E-state index contributed by atoms with van der Waals surface area (Å²) in [6.45, 7) is 1.63. The average molecular weight is 406 g/mol. The second-order valence-corrected chi connectivity index (χ2v) is 9.56. The third-order valence-corrected chi connectivity index (χ3v) is 7.14. The number of sulfonamides is 1. The molecule has 13 heteroatoms. The largest absolute Gasteiger partial charge is 0.481 e. The van der Waals surface area contributed by atoms with Gasteiger partial charge in [-0.05, 0) is 18.4 Å². The fourth-order valence-electron chi connectivity index (χ4n) is 1.76. The summed E-state index contributed by atoms with van der Waals surface area (Å²) in [4.78, 5) is 19.2. The van der Waals surface area contributed by atoms with E-state index in [0.29, 0.717) is 5.69 Å². The number of aryl methyl sites for hydroxylation is 1. The number of carbonyl (C=O) groups is 1. The summed E-state index contributed by atoms with van der Waals surface area (Å²) in [5, 5.41) is 3.46. The van der Waals surface area contributed by atoms with Crippen LogP contribution < -0.4 is 14.8 Å². The third kappa shape index (κ3) is 4.64. The van der Waals surface area contributed by atoms with Crippen LogP contribution in [0.25, 0.3) is 0 Å². The number of nitrogens with one attached hydrogen (secondary N) is 2. The molecule has 0 radical (unpaired) electrons. The molecule has 0 aliphatic heterocycles. The van der Waals surface area contributed by atoms with Crippen molar-refractivity contribution in [3.05, 3.63) is 23.2 Å². The lowest BCUT2D eigenvalue weighted by Crippen LogP contribution is -2.35. The molecule has 2 amide bonds. The summed E-state index contributed by atoms with van der Waals surface area (Å²) < 4.78 is 54.1. The number of carbonyl (C=O) groups excluding carboxylic acids is 1. The van der Waals surface area contributed by atoms with Crippen LogP contribution in [0.3, 0.4) is 0 Å². The quantitative estimate of drug-likeness (QED) is 0.741. The Labute approximate surface area is 148 Å². The number of rotatable bonds is 5. The molecule has 2 rings (SSSR count). The van der Waals surface area contributed by atoms with Gasteiger partial charge in [-0.3, -0.25) is 5.32 Å². The minimum absolute atomic E-state index is 0.168. The predicted octanol–water partition coefficient (Wildman–Crippen LogP) is 0.769. The highest BCUT2D eigenvalue weighted by Crippen LogP contribution is 2.26. The molecule has 2 N–H and O–H groups in total. The van der Waals surface area contributed by atoms with Gasteiger partial charge in [0.2, 0.25) is 11.8 Å². The Kier molecular flexibility index (Phi) is 5.29. The molecule has 0 atom stereocenters. The smallest absolute Gasteiger partial charge is 0.335 e. The number of nitrogens with zero attached hydrogens (tertiary/aromatic N) is 2. The minimum Gasteiger partial charge on any atom is -0.481 e. The van der Waals surface area contributed by atoms with Crippen molar-refractivity contribution in [2.24, 2.45) is 0 Å². The molecule has 0 unspecified atom stereocenters. The maximum Gasteiger partial charge on any atom is 0.335 e. The molecule has 25 heavy (non-hydrogen) atoms. The van der Waals surface area contributed by atoms with Gasteiger partial charge in [-0.25, -0.2) is 31.3 Å². The number of anilines is 1. The summed E-state index contributed by atoms with van der Waals surface area (Å²) in [6.07, 6.45) is 0.880. The monoisotopic (exact) mass is 406 g/mol. The molecule has 2 heterocycles. The van der Waals surface area contributed by atoms with E-state index in [9.17, 15) is 21.6 Å². The van der Waals surface area contributed by atoms with Crippen molar-refractivity contribution in [2.75, 3.05) is 18.7 Å². The summed E-state index contributed by atoms with van der Waals surface area (Å²) in [7, 11) is -6.78. The molecule has 0 aromatic carbocycles. The summed E-state index contributed by atoms with van der Waals surface area (Å²) in [5.41, 5.74) is 0.488. The molecule has 0 fully saturated rings. The van der Waals surface area contributed by atoms with E-state index in [1.165, 1.54) is 18.6 Å². The van der Waals surface area contributed by atoms with Gasteiger partial charge in [0.1, 0.15) is 9.10 Å². The Bertz CT molecular complexity index is 1010. The van der Waals surface area contributed by atoms with E-state index in [2.05, 4.69) is 15.3 Å². The first-order valence-corrected chi connectivity index (χ1v) is 10.8. The van der Waals surface area contributed by atoms with E-state index in [-0.39, 0.29) is 16.0 Å². The summed E-state index contributed by atoms with van der Waals surface area (Å²) in [6, 6.07) is 1.48. The van der Waals surface area contributed by atoms with E-state index >= 15 is 0 Å². The van der Waals surface area contributed by atoms with Gasteiger partial charge in [-0.2, -0.15) is 4.98 Å². The fourth-order valence-corrected chi connectivity index (χ4v) is 5.78. The lowest BCUT2D eigenvalue weighted by molar-refractivity contribution is 0.256. The number of urea groups is 1. The zero-order chi connectivity index (χ0) is 18.8. The zero-order valence-electron chi connectivity index (χ0n) is 13.3. The Morgan fingerprint density at radius 1 is 1.24 bits per heavy atom. The first-order valence-electron chi connectivity index (χ1n) is 6.54. The first kappa shape index (κ1) is 19.1. The Hall–Kier alpha value is -2.25. The Balaban J connectivity index is 2.23. The number of ether oxygens (including phenoxy) is 1. The van der Waals surface area contributed by atoms with Gasteiger partial charge in [0.15, 0.2) is 9.84 Å². The van der Waals surface area contributed by atoms with Crippen molar-refractivity contribution in [1.29, 1.82) is 0 Å². The summed E-state index contributed by atoms with van der Waals surface area (Å²) in [5.74, 6) is 0.0149. The van der Waals surface area contributed by atoms with Crippen LogP contribution in [-0.2, 0) is 19.9 Å². The highest BCUT2D eigenvalue weighted by atomic mass is 32.2. The molecular formula is C12H14N4O6S3. The standard InChI is InChI=1S/C12H14N4O6S3/c1-7-6-9(22-2)14-11(13-7)15-12(17)16-25(20,21)8-4-5-23-10(8)24(3,18)19/h4-6H,1-3H3,(H2,13,14,15,16,17). The molecule has 0 bridgehead atoms. The van der Waals surface area contributed by atoms with Crippen LogP contribution >= 0.6 is 11.3 Å². The van der Waals surface area contributed by atoms with Crippen molar-refractivity contribution in [3.63, 3.8) is 0 Å². The van der Waals surface area contributed by atoms with E-state index in [1.54, 1.807) is 11.6 Å². The Morgan fingerprint density at radius 2 is 1.92 bits per heavy atom. The number of aromatic nitrogens is 2. The first-order chi connectivity index (χ1) is 11.5. The van der Waals surface area contributed by atoms with Gasteiger partial charge >= 0.3 is 6.03 Å².